The number of aromatic nitrogens is 2. The number of rotatable bonds is 2. The lowest BCUT2D eigenvalue weighted by atomic mass is 10.1. The number of fused-ring (bicyclic) bond motifs is 1. The molecule has 112 valence electrons. The molecule has 1 aliphatic rings. The fraction of sp³-hybridized carbons (Fsp3) is 0.471. The quantitative estimate of drug-likeness (QED) is 0.916. The van der Waals surface area contributed by atoms with E-state index in [0.717, 1.165) is 30.2 Å². The molecule has 0 aliphatic carbocycles. The van der Waals surface area contributed by atoms with Gasteiger partial charge >= 0.3 is 0 Å². The van der Waals surface area contributed by atoms with Crippen LogP contribution < -0.4 is 10.6 Å². The normalized spacial score (nSPS) is 15.1. The lowest BCUT2D eigenvalue weighted by Gasteiger charge is -2.25. The highest BCUT2D eigenvalue weighted by atomic mass is 15.4. The fourth-order valence-electron chi connectivity index (χ4n) is 3.21. The molecule has 0 amide bonds. The molecule has 0 radical (unpaired) electrons. The predicted molar refractivity (Wildman–Crippen MR) is 88.1 cm³/mol. The van der Waals surface area contributed by atoms with Crippen molar-refractivity contribution in [2.24, 2.45) is 7.05 Å². The van der Waals surface area contributed by atoms with Gasteiger partial charge in [0.2, 0.25) is 0 Å². The van der Waals surface area contributed by atoms with Crippen molar-refractivity contribution in [2.45, 2.75) is 39.0 Å². The molecule has 0 spiro atoms. The van der Waals surface area contributed by atoms with Gasteiger partial charge in [-0.05, 0) is 36.8 Å². The second kappa shape index (κ2) is 5.43. The van der Waals surface area contributed by atoms with Gasteiger partial charge in [0.25, 0.3) is 0 Å². The molecule has 2 aromatic rings. The Balaban J connectivity index is 2.12. The highest BCUT2D eigenvalue weighted by molar-refractivity contribution is 5.75. The van der Waals surface area contributed by atoms with Gasteiger partial charge < -0.3 is 10.6 Å². The van der Waals surface area contributed by atoms with Crippen molar-refractivity contribution < 1.29 is 0 Å². The molecule has 0 fully saturated rings. The molecule has 0 atom stereocenters. The molecule has 3 rings (SSSR count). The monoisotopic (exact) mass is 284 g/mol. The number of hydrogen-bond donors (Lipinski definition) is 1. The molecule has 2 heterocycles. The zero-order chi connectivity index (χ0) is 15.0. The minimum atomic E-state index is 0.340. The summed E-state index contributed by atoms with van der Waals surface area (Å²) >= 11 is 0. The number of nitrogens with zero attached hydrogens (tertiary/aromatic N) is 3. The summed E-state index contributed by atoms with van der Waals surface area (Å²) in [5, 5.41) is 4.64. The molecule has 1 aromatic heterocycles. The van der Waals surface area contributed by atoms with Gasteiger partial charge in [0.05, 0.1) is 11.4 Å². The molecule has 2 N–H and O–H groups in total. The topological polar surface area (TPSA) is 47.1 Å². The first kappa shape index (κ1) is 14.0. The second-order valence-electron chi connectivity index (χ2n) is 6.14. The molecule has 0 saturated heterocycles. The van der Waals surface area contributed by atoms with Crippen molar-refractivity contribution >= 4 is 17.2 Å². The summed E-state index contributed by atoms with van der Waals surface area (Å²) in [7, 11) is 1.99. The summed E-state index contributed by atoms with van der Waals surface area (Å²) in [6.07, 6.45) is 3.54. The average Bonchev–Trinajstić information content (AvgIpc) is 2.64. The average molecular weight is 284 g/mol. The highest BCUT2D eigenvalue weighted by Gasteiger charge is 2.24. The van der Waals surface area contributed by atoms with Crippen LogP contribution >= 0.6 is 0 Å². The zero-order valence-corrected chi connectivity index (χ0v) is 13.1. The van der Waals surface area contributed by atoms with Gasteiger partial charge in [-0.3, -0.25) is 4.68 Å². The maximum atomic E-state index is 6.42. The third-order valence-corrected chi connectivity index (χ3v) is 4.24. The molecule has 4 nitrogen and oxygen atoms in total. The van der Waals surface area contributed by atoms with Crippen LogP contribution in [0.15, 0.2) is 24.3 Å². The van der Waals surface area contributed by atoms with Crippen molar-refractivity contribution in [3.63, 3.8) is 0 Å². The number of benzene rings is 1. The summed E-state index contributed by atoms with van der Waals surface area (Å²) in [6, 6.07) is 8.65. The van der Waals surface area contributed by atoms with E-state index in [1.807, 2.05) is 11.7 Å². The third-order valence-electron chi connectivity index (χ3n) is 4.24. The first-order valence-electron chi connectivity index (χ1n) is 7.77. The summed E-state index contributed by atoms with van der Waals surface area (Å²) in [4.78, 5) is 2.34. The van der Waals surface area contributed by atoms with Crippen LogP contribution in [0.25, 0.3) is 0 Å². The van der Waals surface area contributed by atoms with Crippen molar-refractivity contribution in [3.05, 3.63) is 35.5 Å². The lowest BCUT2D eigenvalue weighted by molar-refractivity contribution is 0.695. The van der Waals surface area contributed by atoms with Crippen LogP contribution in [0.5, 0.6) is 0 Å². The Bertz CT molecular complexity index is 642. The van der Waals surface area contributed by atoms with Crippen molar-refractivity contribution in [3.8, 4) is 0 Å². The lowest BCUT2D eigenvalue weighted by Crippen LogP contribution is -2.21. The van der Waals surface area contributed by atoms with Crippen molar-refractivity contribution in [1.82, 2.24) is 9.78 Å². The molecular formula is C17H24N4. The van der Waals surface area contributed by atoms with Gasteiger partial charge in [0.15, 0.2) is 5.82 Å². The Morgan fingerprint density at radius 1 is 1.19 bits per heavy atom. The molecule has 1 aliphatic heterocycles. The summed E-state index contributed by atoms with van der Waals surface area (Å²) in [5.41, 5.74) is 10.9. The van der Waals surface area contributed by atoms with Crippen LogP contribution in [0.4, 0.5) is 17.2 Å². The van der Waals surface area contributed by atoms with E-state index in [1.54, 1.807) is 0 Å². The smallest absolute Gasteiger partial charge is 0.154 e. The number of nitrogens with two attached hydrogens (primary N) is 1. The second-order valence-corrected chi connectivity index (χ2v) is 6.14. The van der Waals surface area contributed by atoms with Gasteiger partial charge in [-0.2, -0.15) is 5.10 Å². The standard InChI is InChI=1S/C17H24N4/c1-12(2)16-15(18)17(20(3)19-16)21-11-7-6-9-13-8-4-5-10-14(13)21/h4-5,8,10,12H,6-7,9,11,18H2,1-3H3. The fourth-order valence-corrected chi connectivity index (χ4v) is 3.21. The summed E-state index contributed by atoms with van der Waals surface area (Å²) in [5.74, 6) is 1.38. The number of para-hydroxylation sites is 1. The van der Waals surface area contributed by atoms with Crippen LogP contribution in [-0.2, 0) is 13.5 Å². The third kappa shape index (κ3) is 2.39. The molecular weight excluding hydrogens is 260 g/mol. The Kier molecular flexibility index (Phi) is 3.62. The van der Waals surface area contributed by atoms with Crippen LogP contribution in [0, 0.1) is 0 Å². The maximum absolute atomic E-state index is 6.42. The van der Waals surface area contributed by atoms with E-state index in [9.17, 15) is 0 Å². The molecule has 21 heavy (non-hydrogen) atoms. The molecule has 0 unspecified atom stereocenters. The van der Waals surface area contributed by atoms with E-state index in [2.05, 4.69) is 48.1 Å². The summed E-state index contributed by atoms with van der Waals surface area (Å²) in [6.45, 7) is 5.27. The molecule has 0 saturated carbocycles. The van der Waals surface area contributed by atoms with Gasteiger partial charge in [-0.25, -0.2) is 0 Å². The number of aryl methyl sites for hydroxylation is 2. The van der Waals surface area contributed by atoms with E-state index in [1.165, 1.54) is 24.1 Å². The largest absolute Gasteiger partial charge is 0.394 e. The first-order chi connectivity index (χ1) is 10.1. The van der Waals surface area contributed by atoms with Crippen LogP contribution in [0.2, 0.25) is 0 Å². The Morgan fingerprint density at radius 3 is 2.67 bits per heavy atom. The Labute approximate surface area is 126 Å². The molecule has 1 aromatic carbocycles. The van der Waals surface area contributed by atoms with Gasteiger partial charge in [-0.1, -0.05) is 32.0 Å². The maximum Gasteiger partial charge on any atom is 0.154 e. The first-order valence-corrected chi connectivity index (χ1v) is 7.77. The zero-order valence-electron chi connectivity index (χ0n) is 13.1. The van der Waals surface area contributed by atoms with Crippen LogP contribution in [0.3, 0.4) is 0 Å². The summed E-state index contributed by atoms with van der Waals surface area (Å²) < 4.78 is 1.94. The van der Waals surface area contributed by atoms with Crippen molar-refractivity contribution in [1.29, 1.82) is 0 Å². The van der Waals surface area contributed by atoms with Gasteiger partial charge in [0.1, 0.15) is 0 Å². The Morgan fingerprint density at radius 2 is 1.95 bits per heavy atom. The SMILES string of the molecule is CC(C)c1nn(C)c(N2CCCCc3ccccc32)c1N. The van der Waals surface area contributed by atoms with Gasteiger partial charge in [0, 0.05) is 19.3 Å². The van der Waals surface area contributed by atoms with E-state index < -0.39 is 0 Å². The van der Waals surface area contributed by atoms with Crippen molar-refractivity contribution in [2.75, 3.05) is 17.2 Å². The van der Waals surface area contributed by atoms with E-state index in [0.29, 0.717) is 5.92 Å². The number of nitrogen functional groups attached to an aromatic ring is 1. The van der Waals surface area contributed by atoms with E-state index in [-0.39, 0.29) is 0 Å². The minimum absolute atomic E-state index is 0.340. The van der Waals surface area contributed by atoms with Gasteiger partial charge in [-0.15, -0.1) is 0 Å². The molecule has 0 bridgehead atoms. The number of anilines is 3. The van der Waals surface area contributed by atoms with Crippen LogP contribution in [-0.4, -0.2) is 16.3 Å². The minimum Gasteiger partial charge on any atom is -0.394 e. The number of hydrogen-bond acceptors (Lipinski definition) is 3. The van der Waals surface area contributed by atoms with E-state index >= 15 is 0 Å². The predicted octanol–water partition coefficient (Wildman–Crippen LogP) is 3.60. The van der Waals surface area contributed by atoms with Crippen LogP contribution in [0.1, 0.15) is 43.9 Å². The highest BCUT2D eigenvalue weighted by Crippen LogP contribution is 2.38. The Hall–Kier alpha value is -1.97. The molecule has 4 heteroatoms. The van der Waals surface area contributed by atoms with E-state index in [4.69, 9.17) is 5.73 Å².